The second kappa shape index (κ2) is 5.97. The largest absolute Gasteiger partial charge is 0.448 e. The molecule has 0 aliphatic carbocycles. The molecule has 0 spiro atoms. The van der Waals surface area contributed by atoms with Crippen LogP contribution in [0.2, 0.25) is 0 Å². The van der Waals surface area contributed by atoms with E-state index in [0.29, 0.717) is 30.5 Å². The molecule has 6 heteroatoms. The zero-order chi connectivity index (χ0) is 13.0. The molecule has 1 fully saturated rings. The van der Waals surface area contributed by atoms with Crippen LogP contribution in [0, 0.1) is 12.8 Å². The van der Waals surface area contributed by atoms with Crippen LogP contribution in [0.25, 0.3) is 0 Å². The number of nitrogens with one attached hydrogen (secondary N) is 1. The highest BCUT2D eigenvalue weighted by atomic mass is 16.5. The van der Waals surface area contributed by atoms with E-state index in [4.69, 9.17) is 9.15 Å². The number of aryl methyl sites for hydroxylation is 1. The fourth-order valence-electron chi connectivity index (χ4n) is 2.02. The highest BCUT2D eigenvalue weighted by Crippen LogP contribution is 2.06. The first kappa shape index (κ1) is 13.0. The molecule has 1 amide bonds. The summed E-state index contributed by atoms with van der Waals surface area (Å²) >= 11 is 0. The van der Waals surface area contributed by atoms with Crippen LogP contribution in [0.1, 0.15) is 16.2 Å². The Hall–Kier alpha value is -1.40. The third-order valence-electron chi connectivity index (χ3n) is 3.05. The number of rotatable bonds is 3. The summed E-state index contributed by atoms with van der Waals surface area (Å²) in [6.45, 7) is 5.62. The van der Waals surface area contributed by atoms with Gasteiger partial charge in [0.1, 0.15) is 5.76 Å². The maximum absolute atomic E-state index is 11.8. The summed E-state index contributed by atoms with van der Waals surface area (Å²) in [5.41, 5.74) is 0.359. The smallest absolute Gasteiger partial charge is 0.273 e. The average molecular weight is 253 g/mol. The van der Waals surface area contributed by atoms with Gasteiger partial charge in [-0.3, -0.25) is 4.79 Å². The Morgan fingerprint density at radius 2 is 2.50 bits per heavy atom. The SMILES string of the molecule is Cc1ocnc1C(=O)NCC1COCCN(C)C1. The number of aromatic nitrogens is 1. The highest BCUT2D eigenvalue weighted by molar-refractivity contribution is 5.92. The van der Waals surface area contributed by atoms with Crippen LogP contribution in [0.15, 0.2) is 10.8 Å². The van der Waals surface area contributed by atoms with Gasteiger partial charge in [-0.15, -0.1) is 0 Å². The Morgan fingerprint density at radius 3 is 3.22 bits per heavy atom. The van der Waals surface area contributed by atoms with Gasteiger partial charge in [0.15, 0.2) is 12.1 Å². The average Bonchev–Trinajstić information content (AvgIpc) is 2.65. The van der Waals surface area contributed by atoms with Crippen molar-refractivity contribution in [3.8, 4) is 0 Å². The van der Waals surface area contributed by atoms with Crippen molar-refractivity contribution in [2.75, 3.05) is 39.9 Å². The van der Waals surface area contributed by atoms with Gasteiger partial charge in [-0.05, 0) is 14.0 Å². The minimum Gasteiger partial charge on any atom is -0.448 e. The van der Waals surface area contributed by atoms with Crippen LogP contribution in [0.5, 0.6) is 0 Å². The molecule has 6 nitrogen and oxygen atoms in total. The molecule has 1 atom stereocenters. The van der Waals surface area contributed by atoms with E-state index in [-0.39, 0.29) is 5.91 Å². The maximum atomic E-state index is 11.8. The molecule has 1 aliphatic heterocycles. The quantitative estimate of drug-likeness (QED) is 0.838. The van der Waals surface area contributed by atoms with E-state index in [2.05, 4.69) is 22.2 Å². The van der Waals surface area contributed by atoms with Crippen molar-refractivity contribution >= 4 is 5.91 Å². The summed E-state index contributed by atoms with van der Waals surface area (Å²) in [4.78, 5) is 18.0. The van der Waals surface area contributed by atoms with Gasteiger partial charge in [0.25, 0.3) is 5.91 Å². The second-order valence-electron chi connectivity index (χ2n) is 4.67. The zero-order valence-electron chi connectivity index (χ0n) is 10.8. The number of hydrogen-bond donors (Lipinski definition) is 1. The molecule has 0 aromatic carbocycles. The van der Waals surface area contributed by atoms with Crippen LogP contribution >= 0.6 is 0 Å². The van der Waals surface area contributed by atoms with Gasteiger partial charge >= 0.3 is 0 Å². The minimum atomic E-state index is -0.187. The Labute approximate surface area is 106 Å². The maximum Gasteiger partial charge on any atom is 0.273 e. The predicted molar refractivity (Wildman–Crippen MR) is 65.4 cm³/mol. The van der Waals surface area contributed by atoms with E-state index >= 15 is 0 Å². The number of hydrogen-bond acceptors (Lipinski definition) is 5. The van der Waals surface area contributed by atoms with Gasteiger partial charge in [-0.2, -0.15) is 0 Å². The van der Waals surface area contributed by atoms with E-state index in [1.54, 1.807) is 6.92 Å². The fraction of sp³-hybridized carbons (Fsp3) is 0.667. The molecule has 1 aromatic rings. The van der Waals surface area contributed by atoms with E-state index in [1.165, 1.54) is 6.39 Å². The van der Waals surface area contributed by atoms with Crippen LogP contribution in [-0.4, -0.2) is 55.7 Å². The topological polar surface area (TPSA) is 67.6 Å². The molecular weight excluding hydrogens is 234 g/mol. The van der Waals surface area contributed by atoms with Gasteiger partial charge in [-0.1, -0.05) is 0 Å². The third kappa shape index (κ3) is 3.30. The van der Waals surface area contributed by atoms with Crippen molar-refractivity contribution in [1.82, 2.24) is 15.2 Å². The molecule has 2 heterocycles. The first-order valence-corrected chi connectivity index (χ1v) is 6.11. The summed E-state index contributed by atoms with van der Waals surface area (Å²) in [5.74, 6) is 0.670. The number of nitrogens with zero attached hydrogens (tertiary/aromatic N) is 2. The molecule has 1 saturated heterocycles. The summed E-state index contributed by atoms with van der Waals surface area (Å²) in [6.07, 6.45) is 1.28. The normalized spacial score (nSPS) is 21.6. The first-order chi connectivity index (χ1) is 8.66. The number of ether oxygens (including phenoxy) is 1. The molecule has 0 bridgehead atoms. The fourth-order valence-corrected chi connectivity index (χ4v) is 2.02. The highest BCUT2D eigenvalue weighted by Gasteiger charge is 2.19. The summed E-state index contributed by atoms with van der Waals surface area (Å²) in [6, 6.07) is 0. The van der Waals surface area contributed by atoms with Gasteiger partial charge in [0, 0.05) is 25.6 Å². The van der Waals surface area contributed by atoms with Gasteiger partial charge in [0.2, 0.25) is 0 Å². The van der Waals surface area contributed by atoms with Crippen molar-refractivity contribution in [3.05, 3.63) is 17.8 Å². The number of carbonyl (C=O) groups excluding carboxylic acids is 1. The summed E-state index contributed by atoms with van der Waals surface area (Å²) in [5, 5.41) is 2.88. The standard InChI is InChI=1S/C12H19N3O3/c1-9-11(14-8-18-9)12(16)13-5-10-6-15(2)3-4-17-7-10/h8,10H,3-7H2,1-2H3,(H,13,16). The summed E-state index contributed by atoms with van der Waals surface area (Å²) < 4.78 is 10.5. The summed E-state index contributed by atoms with van der Waals surface area (Å²) in [7, 11) is 2.06. The molecular formula is C12H19N3O3. The Balaban J connectivity index is 1.84. The molecule has 18 heavy (non-hydrogen) atoms. The van der Waals surface area contributed by atoms with Gasteiger partial charge < -0.3 is 19.4 Å². The molecule has 0 saturated carbocycles. The monoisotopic (exact) mass is 253 g/mol. The molecule has 0 radical (unpaired) electrons. The van der Waals surface area contributed by atoms with Crippen LogP contribution in [0.3, 0.4) is 0 Å². The van der Waals surface area contributed by atoms with Crippen LogP contribution in [-0.2, 0) is 4.74 Å². The van der Waals surface area contributed by atoms with Crippen LogP contribution < -0.4 is 5.32 Å². The van der Waals surface area contributed by atoms with Crippen molar-refractivity contribution in [2.24, 2.45) is 5.92 Å². The lowest BCUT2D eigenvalue weighted by molar-refractivity contribution is 0.0916. The number of oxazole rings is 1. The van der Waals surface area contributed by atoms with Crippen molar-refractivity contribution < 1.29 is 13.9 Å². The Kier molecular flexibility index (Phi) is 4.33. The van der Waals surface area contributed by atoms with Gasteiger partial charge in [0.05, 0.1) is 13.2 Å². The minimum absolute atomic E-state index is 0.187. The van der Waals surface area contributed by atoms with E-state index < -0.39 is 0 Å². The van der Waals surface area contributed by atoms with Gasteiger partial charge in [-0.25, -0.2) is 4.98 Å². The lowest BCUT2D eigenvalue weighted by atomic mass is 10.1. The van der Waals surface area contributed by atoms with Crippen molar-refractivity contribution in [1.29, 1.82) is 0 Å². The lowest BCUT2D eigenvalue weighted by Gasteiger charge is -2.18. The van der Waals surface area contributed by atoms with Crippen LogP contribution in [0.4, 0.5) is 0 Å². The molecule has 2 rings (SSSR count). The number of amides is 1. The lowest BCUT2D eigenvalue weighted by Crippen LogP contribution is -2.36. The second-order valence-corrected chi connectivity index (χ2v) is 4.67. The molecule has 1 aliphatic rings. The van der Waals surface area contributed by atoms with E-state index in [0.717, 1.165) is 19.7 Å². The Bertz CT molecular complexity index is 405. The van der Waals surface area contributed by atoms with E-state index in [1.807, 2.05) is 0 Å². The Morgan fingerprint density at radius 1 is 1.67 bits per heavy atom. The molecule has 100 valence electrons. The van der Waals surface area contributed by atoms with E-state index in [9.17, 15) is 4.79 Å². The predicted octanol–water partition coefficient (Wildman–Crippen LogP) is 0.291. The molecule has 1 unspecified atom stereocenters. The molecule has 1 N–H and O–H groups in total. The van der Waals surface area contributed by atoms with Crippen molar-refractivity contribution in [3.63, 3.8) is 0 Å². The number of carbonyl (C=O) groups is 1. The number of likely N-dealkylation sites (N-methyl/N-ethyl adjacent to an activating group) is 1. The molecule has 1 aromatic heterocycles. The van der Waals surface area contributed by atoms with Crippen molar-refractivity contribution in [2.45, 2.75) is 6.92 Å². The first-order valence-electron chi connectivity index (χ1n) is 6.11. The third-order valence-corrected chi connectivity index (χ3v) is 3.05. The zero-order valence-corrected chi connectivity index (χ0v) is 10.8.